The van der Waals surface area contributed by atoms with Gasteiger partial charge >= 0.3 is 0 Å². The van der Waals surface area contributed by atoms with E-state index < -0.39 is 0 Å². The molecule has 3 nitrogen and oxygen atoms in total. The van der Waals surface area contributed by atoms with Crippen molar-refractivity contribution in [2.75, 3.05) is 27.3 Å². The van der Waals surface area contributed by atoms with Gasteiger partial charge in [-0.05, 0) is 13.8 Å². The van der Waals surface area contributed by atoms with Crippen molar-refractivity contribution in [2.24, 2.45) is 0 Å². The summed E-state index contributed by atoms with van der Waals surface area (Å²) in [5.41, 5.74) is 0. The highest BCUT2D eigenvalue weighted by Gasteiger charge is 2.24. The minimum absolute atomic E-state index is 0.0465. The monoisotopic (exact) mass is 211 g/mol. The van der Waals surface area contributed by atoms with E-state index in [-0.39, 0.29) is 12.2 Å². The Morgan fingerprint density at radius 1 is 1.27 bits per heavy atom. The number of methoxy groups -OCH3 is 2. The molecule has 3 heteroatoms. The van der Waals surface area contributed by atoms with E-state index in [4.69, 9.17) is 9.47 Å². The number of ether oxygens (including phenoxy) is 2. The van der Waals surface area contributed by atoms with E-state index in [0.29, 0.717) is 6.04 Å². The van der Waals surface area contributed by atoms with Gasteiger partial charge in [0, 0.05) is 39.8 Å². The van der Waals surface area contributed by atoms with E-state index in [1.807, 2.05) is 0 Å². The van der Waals surface area contributed by atoms with Crippen LogP contribution in [0, 0.1) is 11.8 Å². The van der Waals surface area contributed by atoms with Crippen molar-refractivity contribution in [3.8, 4) is 11.8 Å². The van der Waals surface area contributed by atoms with Gasteiger partial charge in [0.2, 0.25) is 0 Å². The predicted octanol–water partition coefficient (Wildman–Crippen LogP) is 1.13. The maximum atomic E-state index is 5.44. The van der Waals surface area contributed by atoms with Gasteiger partial charge in [-0.3, -0.25) is 4.90 Å². The summed E-state index contributed by atoms with van der Waals surface area (Å²) in [4.78, 5) is 2.38. The molecule has 2 atom stereocenters. The average molecular weight is 211 g/mol. The van der Waals surface area contributed by atoms with Gasteiger partial charge in [0.15, 0.2) is 0 Å². The van der Waals surface area contributed by atoms with Gasteiger partial charge in [-0.15, -0.1) is 0 Å². The van der Waals surface area contributed by atoms with Crippen LogP contribution in [0.25, 0.3) is 0 Å². The Labute approximate surface area is 92.7 Å². The zero-order valence-electron chi connectivity index (χ0n) is 10.1. The van der Waals surface area contributed by atoms with Crippen LogP contribution in [0.4, 0.5) is 0 Å². The SMILES string of the molecule is CO[C@H]1C#CCCN(C(C)C)C[C@@H]1OC. The summed E-state index contributed by atoms with van der Waals surface area (Å²) in [5.74, 6) is 6.25. The van der Waals surface area contributed by atoms with Gasteiger partial charge in [-0.2, -0.15) is 0 Å². The Hall–Kier alpha value is -0.560. The lowest BCUT2D eigenvalue weighted by Gasteiger charge is -2.32. The third kappa shape index (κ3) is 3.49. The smallest absolute Gasteiger partial charge is 0.145 e. The lowest BCUT2D eigenvalue weighted by Crippen LogP contribution is -2.44. The summed E-state index contributed by atoms with van der Waals surface area (Å²) < 4.78 is 10.8. The molecular formula is C12H21NO2. The van der Waals surface area contributed by atoms with E-state index in [9.17, 15) is 0 Å². The Morgan fingerprint density at radius 2 is 2.00 bits per heavy atom. The fraction of sp³-hybridized carbons (Fsp3) is 0.833. The van der Waals surface area contributed by atoms with Crippen LogP contribution in [0.5, 0.6) is 0 Å². The second kappa shape index (κ2) is 6.12. The summed E-state index contributed by atoms with van der Waals surface area (Å²) >= 11 is 0. The maximum absolute atomic E-state index is 5.44. The van der Waals surface area contributed by atoms with Crippen molar-refractivity contribution >= 4 is 0 Å². The van der Waals surface area contributed by atoms with E-state index in [0.717, 1.165) is 19.5 Å². The van der Waals surface area contributed by atoms with Crippen molar-refractivity contribution in [1.29, 1.82) is 0 Å². The maximum Gasteiger partial charge on any atom is 0.145 e. The van der Waals surface area contributed by atoms with Gasteiger partial charge in [-0.25, -0.2) is 0 Å². The molecule has 1 heterocycles. The number of hydrogen-bond acceptors (Lipinski definition) is 3. The quantitative estimate of drug-likeness (QED) is 0.653. The molecule has 0 spiro atoms. The Morgan fingerprint density at radius 3 is 2.53 bits per heavy atom. The van der Waals surface area contributed by atoms with Crippen LogP contribution in [0.1, 0.15) is 20.3 Å². The zero-order chi connectivity index (χ0) is 11.3. The summed E-state index contributed by atoms with van der Waals surface area (Å²) in [6.07, 6.45) is 0.857. The third-order valence-electron chi connectivity index (χ3n) is 2.81. The number of nitrogens with zero attached hydrogens (tertiary/aromatic N) is 1. The molecule has 0 saturated heterocycles. The molecule has 15 heavy (non-hydrogen) atoms. The van der Waals surface area contributed by atoms with Gasteiger partial charge in [0.05, 0.1) is 0 Å². The van der Waals surface area contributed by atoms with Crippen LogP contribution in [-0.2, 0) is 9.47 Å². The van der Waals surface area contributed by atoms with E-state index >= 15 is 0 Å². The zero-order valence-corrected chi connectivity index (χ0v) is 10.1. The molecule has 0 fully saturated rings. The molecule has 0 saturated carbocycles. The minimum atomic E-state index is -0.100. The lowest BCUT2D eigenvalue weighted by atomic mass is 10.1. The Bertz CT molecular complexity index is 242. The summed E-state index contributed by atoms with van der Waals surface area (Å²) in [6.45, 7) is 6.30. The molecular weight excluding hydrogens is 190 g/mol. The average Bonchev–Trinajstić information content (AvgIpc) is 2.17. The summed E-state index contributed by atoms with van der Waals surface area (Å²) in [7, 11) is 3.41. The first kappa shape index (κ1) is 12.5. The van der Waals surface area contributed by atoms with Gasteiger partial charge < -0.3 is 9.47 Å². The highest BCUT2D eigenvalue weighted by molar-refractivity contribution is 5.10. The van der Waals surface area contributed by atoms with Crippen LogP contribution in [-0.4, -0.2) is 50.5 Å². The van der Waals surface area contributed by atoms with E-state index in [2.05, 4.69) is 30.6 Å². The third-order valence-corrected chi connectivity index (χ3v) is 2.81. The number of hydrogen-bond donors (Lipinski definition) is 0. The standard InChI is InChI=1S/C12H21NO2/c1-10(2)13-8-6-5-7-11(14-3)12(9-13)15-4/h10-12H,6,8-9H2,1-4H3/t11-,12-/m0/s1. The number of rotatable bonds is 3. The summed E-state index contributed by atoms with van der Waals surface area (Å²) in [6, 6.07) is 0.528. The second-order valence-corrected chi connectivity index (χ2v) is 4.09. The fourth-order valence-electron chi connectivity index (χ4n) is 1.76. The topological polar surface area (TPSA) is 21.7 Å². The highest BCUT2D eigenvalue weighted by Crippen LogP contribution is 2.10. The highest BCUT2D eigenvalue weighted by atomic mass is 16.5. The van der Waals surface area contributed by atoms with Gasteiger partial charge in [0.25, 0.3) is 0 Å². The van der Waals surface area contributed by atoms with Crippen LogP contribution in [0.15, 0.2) is 0 Å². The van der Waals surface area contributed by atoms with Crippen molar-refractivity contribution in [2.45, 2.75) is 38.5 Å². The van der Waals surface area contributed by atoms with Crippen molar-refractivity contribution in [3.63, 3.8) is 0 Å². The molecule has 0 aromatic rings. The Kier molecular flexibility index (Phi) is 5.10. The van der Waals surface area contributed by atoms with Crippen LogP contribution >= 0.6 is 0 Å². The lowest BCUT2D eigenvalue weighted by molar-refractivity contribution is -0.0297. The van der Waals surface area contributed by atoms with Crippen LogP contribution in [0.2, 0.25) is 0 Å². The van der Waals surface area contributed by atoms with E-state index in [1.165, 1.54) is 0 Å². The first-order valence-electron chi connectivity index (χ1n) is 5.47. The van der Waals surface area contributed by atoms with Crippen molar-refractivity contribution in [1.82, 2.24) is 4.90 Å². The van der Waals surface area contributed by atoms with Gasteiger partial charge in [0.1, 0.15) is 12.2 Å². The normalized spacial score (nSPS) is 28.1. The van der Waals surface area contributed by atoms with Crippen molar-refractivity contribution < 1.29 is 9.47 Å². The van der Waals surface area contributed by atoms with E-state index in [1.54, 1.807) is 14.2 Å². The fourth-order valence-corrected chi connectivity index (χ4v) is 1.76. The molecule has 0 aromatic heterocycles. The molecule has 0 amide bonds. The first-order valence-corrected chi connectivity index (χ1v) is 5.47. The Balaban J connectivity index is 2.72. The molecule has 0 aliphatic carbocycles. The molecule has 1 aliphatic heterocycles. The second-order valence-electron chi connectivity index (χ2n) is 4.09. The molecule has 1 rings (SSSR count). The molecule has 86 valence electrons. The molecule has 0 aromatic carbocycles. The largest absolute Gasteiger partial charge is 0.376 e. The molecule has 0 N–H and O–H groups in total. The predicted molar refractivity (Wildman–Crippen MR) is 60.7 cm³/mol. The summed E-state index contributed by atoms with van der Waals surface area (Å²) in [5, 5.41) is 0. The molecule has 0 bridgehead atoms. The first-order chi connectivity index (χ1) is 7.19. The molecule has 0 radical (unpaired) electrons. The van der Waals surface area contributed by atoms with Gasteiger partial charge in [-0.1, -0.05) is 11.8 Å². The van der Waals surface area contributed by atoms with Crippen molar-refractivity contribution in [3.05, 3.63) is 0 Å². The molecule has 1 aliphatic rings. The van der Waals surface area contributed by atoms with Crippen LogP contribution < -0.4 is 0 Å². The molecule has 0 unspecified atom stereocenters. The minimum Gasteiger partial charge on any atom is -0.376 e. The van der Waals surface area contributed by atoms with Crippen LogP contribution in [0.3, 0.4) is 0 Å².